The number of nitrogens with zero attached hydrogens (tertiary/aromatic N) is 1. The second-order valence-electron chi connectivity index (χ2n) is 4.98. The third-order valence-electron chi connectivity index (χ3n) is 3.65. The smallest absolute Gasteiger partial charge is 0.335 e. The number of carbonyl (C=O) groups excluding carboxylic acids is 1. The van der Waals surface area contributed by atoms with Crippen molar-refractivity contribution < 1.29 is 19.4 Å². The van der Waals surface area contributed by atoms with Crippen molar-refractivity contribution in [1.82, 2.24) is 0 Å². The van der Waals surface area contributed by atoms with E-state index in [1.165, 1.54) is 0 Å². The maximum Gasteiger partial charge on any atom is 0.335 e. The predicted octanol–water partition coefficient (Wildman–Crippen LogP) is 2.93. The SMILES string of the molecule is CCOC(=O)C1CCN(c2ccc(C(=O)O)cc2Br)CC1. The monoisotopic (exact) mass is 355 g/mol. The molecule has 0 radical (unpaired) electrons. The van der Waals surface area contributed by atoms with Crippen molar-refractivity contribution in [2.24, 2.45) is 5.92 Å². The number of esters is 1. The number of carboxylic acids is 1. The average Bonchev–Trinajstić information content (AvgIpc) is 2.47. The number of halogens is 1. The van der Waals surface area contributed by atoms with Gasteiger partial charge in [-0.15, -0.1) is 0 Å². The van der Waals surface area contributed by atoms with E-state index in [0.29, 0.717) is 6.61 Å². The molecule has 1 aliphatic rings. The molecule has 2 rings (SSSR count). The number of aromatic carboxylic acids is 1. The fourth-order valence-corrected chi connectivity index (χ4v) is 3.14. The van der Waals surface area contributed by atoms with Gasteiger partial charge in [-0.25, -0.2) is 4.79 Å². The van der Waals surface area contributed by atoms with Crippen LogP contribution in [-0.2, 0) is 9.53 Å². The highest BCUT2D eigenvalue weighted by Gasteiger charge is 2.26. The summed E-state index contributed by atoms with van der Waals surface area (Å²) in [5.74, 6) is -1.08. The van der Waals surface area contributed by atoms with E-state index in [1.807, 2.05) is 6.92 Å². The van der Waals surface area contributed by atoms with E-state index in [0.717, 1.165) is 36.1 Å². The zero-order valence-corrected chi connectivity index (χ0v) is 13.4. The quantitative estimate of drug-likeness (QED) is 0.841. The number of carbonyl (C=O) groups is 2. The van der Waals surface area contributed by atoms with Crippen molar-refractivity contribution in [2.45, 2.75) is 19.8 Å². The molecule has 1 N–H and O–H groups in total. The molecule has 1 saturated heterocycles. The molecule has 0 unspecified atom stereocenters. The normalized spacial score (nSPS) is 15.8. The van der Waals surface area contributed by atoms with Gasteiger partial charge in [0.25, 0.3) is 0 Å². The molecule has 5 nitrogen and oxygen atoms in total. The predicted molar refractivity (Wildman–Crippen MR) is 82.7 cm³/mol. The molecule has 0 atom stereocenters. The van der Waals surface area contributed by atoms with Crippen LogP contribution in [0.1, 0.15) is 30.1 Å². The number of carboxylic acid groups (broad SMARTS) is 1. The zero-order chi connectivity index (χ0) is 15.4. The van der Waals surface area contributed by atoms with Gasteiger partial charge in [-0.05, 0) is 53.9 Å². The molecular formula is C15H18BrNO4. The molecule has 21 heavy (non-hydrogen) atoms. The molecule has 1 fully saturated rings. The van der Waals surface area contributed by atoms with E-state index < -0.39 is 5.97 Å². The minimum absolute atomic E-state index is 0.0294. The van der Waals surface area contributed by atoms with Crippen molar-refractivity contribution in [3.8, 4) is 0 Å². The van der Waals surface area contributed by atoms with Gasteiger partial charge < -0.3 is 14.7 Å². The lowest BCUT2D eigenvalue weighted by atomic mass is 9.96. The van der Waals surface area contributed by atoms with E-state index in [-0.39, 0.29) is 17.5 Å². The minimum atomic E-state index is -0.941. The Bertz CT molecular complexity index is 538. The van der Waals surface area contributed by atoms with Crippen LogP contribution in [0.5, 0.6) is 0 Å². The Hall–Kier alpha value is -1.56. The molecule has 0 spiro atoms. The average molecular weight is 356 g/mol. The van der Waals surface area contributed by atoms with Crippen LogP contribution in [0.15, 0.2) is 22.7 Å². The summed E-state index contributed by atoms with van der Waals surface area (Å²) in [6.07, 6.45) is 1.51. The maximum atomic E-state index is 11.7. The topological polar surface area (TPSA) is 66.8 Å². The fourth-order valence-electron chi connectivity index (χ4n) is 2.51. The molecule has 0 bridgehead atoms. The van der Waals surface area contributed by atoms with Gasteiger partial charge >= 0.3 is 11.9 Å². The summed E-state index contributed by atoms with van der Waals surface area (Å²) in [4.78, 5) is 24.8. The highest BCUT2D eigenvalue weighted by molar-refractivity contribution is 9.10. The van der Waals surface area contributed by atoms with Crippen molar-refractivity contribution in [2.75, 3.05) is 24.6 Å². The maximum absolute atomic E-state index is 11.7. The van der Waals surface area contributed by atoms with E-state index >= 15 is 0 Å². The van der Waals surface area contributed by atoms with Crippen LogP contribution in [0, 0.1) is 5.92 Å². The summed E-state index contributed by atoms with van der Waals surface area (Å²) in [6, 6.07) is 5.01. The lowest BCUT2D eigenvalue weighted by Gasteiger charge is -2.33. The Labute approximate surface area is 132 Å². The van der Waals surface area contributed by atoms with Crippen molar-refractivity contribution >= 4 is 33.6 Å². The first-order valence-corrected chi connectivity index (χ1v) is 7.76. The molecule has 1 aliphatic heterocycles. The summed E-state index contributed by atoms with van der Waals surface area (Å²) in [5.41, 5.74) is 1.22. The van der Waals surface area contributed by atoms with Gasteiger partial charge in [0.2, 0.25) is 0 Å². The van der Waals surface area contributed by atoms with Gasteiger partial charge in [-0.2, -0.15) is 0 Å². The zero-order valence-electron chi connectivity index (χ0n) is 11.8. The van der Waals surface area contributed by atoms with Crippen LogP contribution in [0.3, 0.4) is 0 Å². The van der Waals surface area contributed by atoms with Crippen LogP contribution in [0.4, 0.5) is 5.69 Å². The Kier molecular flexibility index (Phi) is 5.22. The van der Waals surface area contributed by atoms with Gasteiger partial charge in [0.1, 0.15) is 0 Å². The number of anilines is 1. The Morgan fingerprint density at radius 1 is 1.38 bits per heavy atom. The highest BCUT2D eigenvalue weighted by atomic mass is 79.9. The van der Waals surface area contributed by atoms with Gasteiger partial charge in [0, 0.05) is 17.6 Å². The largest absolute Gasteiger partial charge is 0.478 e. The number of ether oxygens (including phenoxy) is 1. The van der Waals surface area contributed by atoms with E-state index in [1.54, 1.807) is 18.2 Å². The lowest BCUT2D eigenvalue weighted by Crippen LogP contribution is -2.37. The number of hydrogen-bond acceptors (Lipinski definition) is 4. The summed E-state index contributed by atoms with van der Waals surface area (Å²) in [7, 11) is 0. The second kappa shape index (κ2) is 6.93. The van der Waals surface area contributed by atoms with Crippen molar-refractivity contribution in [3.63, 3.8) is 0 Å². The highest BCUT2D eigenvalue weighted by Crippen LogP contribution is 2.31. The van der Waals surface area contributed by atoms with Gasteiger partial charge in [0.15, 0.2) is 0 Å². The number of rotatable bonds is 4. The molecule has 0 aromatic heterocycles. The molecule has 1 aromatic carbocycles. The molecule has 1 heterocycles. The van der Waals surface area contributed by atoms with Crippen molar-refractivity contribution in [3.05, 3.63) is 28.2 Å². The number of piperidine rings is 1. The second-order valence-corrected chi connectivity index (χ2v) is 5.84. The Morgan fingerprint density at radius 2 is 2.05 bits per heavy atom. The summed E-state index contributed by atoms with van der Waals surface area (Å²) in [5, 5.41) is 8.97. The molecular weight excluding hydrogens is 338 g/mol. The van der Waals surface area contributed by atoms with E-state index in [4.69, 9.17) is 9.84 Å². The van der Waals surface area contributed by atoms with Crippen LogP contribution in [-0.4, -0.2) is 36.7 Å². The fraction of sp³-hybridized carbons (Fsp3) is 0.467. The van der Waals surface area contributed by atoms with E-state index in [2.05, 4.69) is 20.8 Å². The molecule has 1 aromatic rings. The molecule has 114 valence electrons. The number of benzene rings is 1. The first-order chi connectivity index (χ1) is 10.0. The van der Waals surface area contributed by atoms with E-state index in [9.17, 15) is 9.59 Å². The number of hydrogen-bond donors (Lipinski definition) is 1. The lowest BCUT2D eigenvalue weighted by molar-refractivity contribution is -0.148. The first-order valence-electron chi connectivity index (χ1n) is 6.97. The Balaban J connectivity index is 2.02. The molecule has 0 amide bonds. The van der Waals surface area contributed by atoms with Crippen LogP contribution in [0.2, 0.25) is 0 Å². The standard InChI is InChI=1S/C15H18BrNO4/c1-2-21-15(20)10-5-7-17(8-6-10)13-4-3-11(14(18)19)9-12(13)16/h3-4,9-10H,2,5-8H2,1H3,(H,18,19). The van der Waals surface area contributed by atoms with Crippen LogP contribution in [0.25, 0.3) is 0 Å². The van der Waals surface area contributed by atoms with Gasteiger partial charge in [-0.3, -0.25) is 4.79 Å². The Morgan fingerprint density at radius 3 is 2.57 bits per heavy atom. The molecule has 0 aliphatic carbocycles. The molecule has 0 saturated carbocycles. The van der Waals surface area contributed by atoms with Gasteiger partial charge in [0.05, 0.1) is 23.8 Å². The van der Waals surface area contributed by atoms with Crippen LogP contribution < -0.4 is 4.90 Å². The third-order valence-corrected chi connectivity index (χ3v) is 4.29. The molecule has 6 heteroatoms. The van der Waals surface area contributed by atoms with Crippen LogP contribution >= 0.6 is 15.9 Å². The summed E-state index contributed by atoms with van der Waals surface area (Å²) < 4.78 is 5.82. The minimum Gasteiger partial charge on any atom is -0.478 e. The third kappa shape index (κ3) is 3.75. The summed E-state index contributed by atoms with van der Waals surface area (Å²) in [6.45, 7) is 3.75. The summed E-state index contributed by atoms with van der Waals surface area (Å²) >= 11 is 3.42. The van der Waals surface area contributed by atoms with Gasteiger partial charge in [-0.1, -0.05) is 0 Å². The van der Waals surface area contributed by atoms with Crippen molar-refractivity contribution in [1.29, 1.82) is 0 Å². The first kappa shape index (κ1) is 15.8.